The number of rotatable bonds is 9. The lowest BCUT2D eigenvalue weighted by molar-refractivity contribution is -0.143. The maximum absolute atomic E-state index is 14.3. The minimum absolute atomic E-state index is 0.0698. The normalized spacial score (nSPS) is 13.9. The van der Waals surface area contributed by atoms with Crippen molar-refractivity contribution in [3.63, 3.8) is 0 Å². The summed E-state index contributed by atoms with van der Waals surface area (Å²) in [4.78, 5) is 53.4. The molecule has 0 saturated carbocycles. The number of allylic oxidation sites excluding steroid dienone is 2. The SMILES string of the molecule is NC(N)=Nc1ccc(C(=O)Oc2ccc3c(c2)/C=C\C(C(=O)N(CC(=O)O)Cc2csc(C(=O)O)c2)=C\C=C3)cc1F. The number of aromatic carboxylic acids is 1. The van der Waals surface area contributed by atoms with Crippen LogP contribution in [0, 0.1) is 5.82 Å². The first kappa shape index (κ1) is 29.4. The van der Waals surface area contributed by atoms with Crippen LogP contribution in [0.1, 0.15) is 36.7 Å². The third kappa shape index (κ3) is 7.34. The molecule has 3 aromatic rings. The van der Waals surface area contributed by atoms with E-state index in [2.05, 4.69) is 4.99 Å². The van der Waals surface area contributed by atoms with E-state index in [0.29, 0.717) is 11.1 Å². The fourth-order valence-electron chi connectivity index (χ4n) is 3.91. The molecule has 6 N–H and O–H groups in total. The van der Waals surface area contributed by atoms with Crippen LogP contribution >= 0.6 is 11.3 Å². The van der Waals surface area contributed by atoms with Gasteiger partial charge in [0.05, 0.1) is 5.56 Å². The van der Waals surface area contributed by atoms with Gasteiger partial charge in [-0.25, -0.2) is 19.0 Å². The summed E-state index contributed by atoms with van der Waals surface area (Å²) in [7, 11) is 0. The molecule has 0 spiro atoms. The molecule has 13 heteroatoms. The number of carboxylic acids is 2. The zero-order valence-corrected chi connectivity index (χ0v) is 22.5. The number of aliphatic carboxylic acids is 1. The lowest BCUT2D eigenvalue weighted by Crippen LogP contribution is -2.35. The summed E-state index contributed by atoms with van der Waals surface area (Å²) in [6, 6.07) is 9.69. The van der Waals surface area contributed by atoms with Gasteiger partial charge in [-0.1, -0.05) is 24.3 Å². The standard InChI is InChI=1S/C29H23FN4O7S/c30-22-12-20(7-9-23(22)33-29(31)32)28(40)41-21-8-6-17-2-1-3-18(4-5-19(17)11-21)26(37)34(14-25(35)36)13-16-10-24(27(38)39)42-15-16/h1-12,15H,13-14H2,(H,35,36)(H,38,39)(H4,31,32,33)/b2-1?,3-1?,5-4-,17-2?,18-3-,18-4?,19-5?. The molecule has 1 heterocycles. The Balaban J connectivity index is 1.52. The number of nitrogens with two attached hydrogens (primary N) is 2. The molecule has 0 saturated heterocycles. The van der Waals surface area contributed by atoms with Gasteiger partial charge in [0, 0.05) is 12.1 Å². The summed E-state index contributed by atoms with van der Waals surface area (Å²) in [5.74, 6) is -4.75. The van der Waals surface area contributed by atoms with Crippen molar-refractivity contribution >= 4 is 59.0 Å². The quantitative estimate of drug-likeness (QED) is 0.125. The van der Waals surface area contributed by atoms with E-state index in [9.17, 15) is 28.7 Å². The monoisotopic (exact) mass is 590 g/mol. The molecular formula is C29H23FN4O7S. The molecule has 11 nitrogen and oxygen atoms in total. The topological polar surface area (TPSA) is 186 Å². The smallest absolute Gasteiger partial charge is 0.345 e. The number of aliphatic imine (C=N–C) groups is 1. The van der Waals surface area contributed by atoms with Crippen LogP contribution in [-0.2, 0) is 16.1 Å². The maximum Gasteiger partial charge on any atom is 0.345 e. The second-order valence-electron chi connectivity index (χ2n) is 8.88. The first-order valence-electron chi connectivity index (χ1n) is 12.1. The van der Waals surface area contributed by atoms with E-state index >= 15 is 0 Å². The molecule has 0 radical (unpaired) electrons. The van der Waals surface area contributed by atoms with Crippen LogP contribution in [-0.4, -0.2) is 51.4 Å². The predicted octanol–water partition coefficient (Wildman–Crippen LogP) is 3.79. The van der Waals surface area contributed by atoms with Gasteiger partial charge in [-0.2, -0.15) is 0 Å². The summed E-state index contributed by atoms with van der Waals surface area (Å²) in [5, 5.41) is 20.1. The van der Waals surface area contributed by atoms with Crippen LogP contribution in [0.3, 0.4) is 0 Å². The second-order valence-corrected chi connectivity index (χ2v) is 9.79. The van der Waals surface area contributed by atoms with Crippen LogP contribution < -0.4 is 16.2 Å². The highest BCUT2D eigenvalue weighted by Crippen LogP contribution is 2.26. The van der Waals surface area contributed by atoms with E-state index in [1.54, 1.807) is 41.8 Å². The summed E-state index contributed by atoms with van der Waals surface area (Å²) >= 11 is 0.978. The first-order chi connectivity index (χ1) is 20.0. The Morgan fingerprint density at radius 1 is 0.976 bits per heavy atom. The molecule has 0 fully saturated rings. The minimum Gasteiger partial charge on any atom is -0.480 e. The Hall–Kier alpha value is -5.56. The van der Waals surface area contributed by atoms with Crippen molar-refractivity contribution < 1.29 is 38.5 Å². The van der Waals surface area contributed by atoms with Gasteiger partial charge in [0.2, 0.25) is 0 Å². The number of hydrogen-bond acceptors (Lipinski definition) is 7. The second kappa shape index (κ2) is 12.7. The van der Waals surface area contributed by atoms with Crippen molar-refractivity contribution in [3.05, 3.63) is 105 Å². The maximum atomic E-state index is 14.3. The molecule has 0 aliphatic heterocycles. The molecular weight excluding hydrogens is 567 g/mol. The van der Waals surface area contributed by atoms with Crippen molar-refractivity contribution in [2.45, 2.75) is 6.54 Å². The van der Waals surface area contributed by atoms with Gasteiger partial charge in [-0.3, -0.25) is 9.59 Å². The van der Waals surface area contributed by atoms with Crippen molar-refractivity contribution in [3.8, 4) is 5.75 Å². The van der Waals surface area contributed by atoms with Crippen molar-refractivity contribution in [2.75, 3.05) is 6.54 Å². The number of carboxylic acid groups (broad SMARTS) is 2. The van der Waals surface area contributed by atoms with Gasteiger partial charge in [0.15, 0.2) is 5.96 Å². The average molecular weight is 591 g/mol. The number of guanidine groups is 1. The molecule has 1 aliphatic carbocycles. The van der Waals surface area contributed by atoms with Gasteiger partial charge in [0.1, 0.15) is 28.7 Å². The van der Waals surface area contributed by atoms with Crippen LogP contribution in [0.5, 0.6) is 5.75 Å². The molecule has 42 heavy (non-hydrogen) atoms. The summed E-state index contributed by atoms with van der Waals surface area (Å²) < 4.78 is 19.7. The van der Waals surface area contributed by atoms with Crippen LogP contribution in [0.4, 0.5) is 10.1 Å². The van der Waals surface area contributed by atoms with E-state index in [1.807, 2.05) is 0 Å². The van der Waals surface area contributed by atoms with Crippen molar-refractivity contribution in [2.24, 2.45) is 16.5 Å². The lowest BCUT2D eigenvalue weighted by atomic mass is 10.0. The number of fused-ring (bicyclic) bond motifs is 1. The largest absolute Gasteiger partial charge is 0.480 e. The van der Waals surface area contributed by atoms with Crippen molar-refractivity contribution in [1.82, 2.24) is 4.90 Å². The molecule has 0 unspecified atom stereocenters. The number of amides is 1. The number of halogens is 1. The number of thiophene rings is 1. The Bertz CT molecular complexity index is 1700. The highest BCUT2D eigenvalue weighted by Gasteiger charge is 2.21. The molecule has 214 valence electrons. The Labute approximate surface area is 242 Å². The summed E-state index contributed by atoms with van der Waals surface area (Å²) in [6.07, 6.45) is 7.97. The number of carbonyl (C=O) groups excluding carboxylic acids is 2. The molecule has 0 bridgehead atoms. The number of nitrogens with zero attached hydrogens (tertiary/aromatic N) is 2. The van der Waals surface area contributed by atoms with Crippen LogP contribution in [0.15, 0.2) is 76.6 Å². The van der Waals surface area contributed by atoms with Crippen LogP contribution in [0.2, 0.25) is 0 Å². The number of benzene rings is 2. The molecule has 0 atom stereocenters. The lowest BCUT2D eigenvalue weighted by Gasteiger charge is -2.21. The van der Waals surface area contributed by atoms with Crippen LogP contribution in [0.25, 0.3) is 12.2 Å². The highest BCUT2D eigenvalue weighted by molar-refractivity contribution is 7.12. The van der Waals surface area contributed by atoms with E-state index in [-0.39, 0.29) is 40.0 Å². The number of ether oxygens (including phenoxy) is 1. The van der Waals surface area contributed by atoms with E-state index in [4.69, 9.17) is 21.3 Å². The fourth-order valence-corrected chi connectivity index (χ4v) is 4.65. The average Bonchev–Trinajstić information content (AvgIpc) is 3.38. The molecule has 2 aromatic carbocycles. The Kier molecular flexibility index (Phi) is 8.93. The van der Waals surface area contributed by atoms with E-state index in [0.717, 1.165) is 27.9 Å². The molecule has 1 aliphatic rings. The third-order valence-corrected chi connectivity index (χ3v) is 6.76. The van der Waals surface area contributed by atoms with E-state index in [1.165, 1.54) is 30.4 Å². The van der Waals surface area contributed by atoms with Gasteiger partial charge in [-0.15, -0.1) is 11.3 Å². The van der Waals surface area contributed by atoms with Gasteiger partial charge >= 0.3 is 17.9 Å². The Morgan fingerprint density at radius 3 is 2.43 bits per heavy atom. The highest BCUT2D eigenvalue weighted by atomic mass is 32.1. The first-order valence-corrected chi connectivity index (χ1v) is 13.0. The molecule has 4 rings (SSSR count). The number of carbonyl (C=O) groups is 4. The zero-order valence-electron chi connectivity index (χ0n) is 21.7. The predicted molar refractivity (Wildman–Crippen MR) is 154 cm³/mol. The zero-order chi connectivity index (χ0) is 30.4. The third-order valence-electron chi connectivity index (χ3n) is 5.79. The Morgan fingerprint density at radius 2 is 1.76 bits per heavy atom. The summed E-state index contributed by atoms with van der Waals surface area (Å²) in [6.45, 7) is -0.704. The van der Waals surface area contributed by atoms with Crippen molar-refractivity contribution in [1.29, 1.82) is 0 Å². The number of hydrogen-bond donors (Lipinski definition) is 4. The van der Waals surface area contributed by atoms with Gasteiger partial charge < -0.3 is 31.3 Å². The summed E-state index contributed by atoms with van der Waals surface area (Å²) in [5.41, 5.74) is 12.3. The fraction of sp³-hybridized carbons (Fsp3) is 0.0690. The molecule has 1 aromatic heterocycles. The van der Waals surface area contributed by atoms with Gasteiger partial charge in [0.25, 0.3) is 5.91 Å². The molecule has 1 amide bonds. The van der Waals surface area contributed by atoms with E-state index < -0.39 is 36.2 Å². The number of esters is 1. The minimum atomic E-state index is -1.23. The van der Waals surface area contributed by atoms with Gasteiger partial charge in [-0.05, 0) is 70.6 Å².